The molecule has 0 radical (unpaired) electrons. The maximum Gasteiger partial charge on any atom is 0.130 e. The summed E-state index contributed by atoms with van der Waals surface area (Å²) in [6.07, 6.45) is 2.68. The Morgan fingerprint density at radius 1 is 1.24 bits per heavy atom. The van der Waals surface area contributed by atoms with Crippen LogP contribution in [-0.2, 0) is 6.54 Å². The number of ether oxygens (including phenoxy) is 1. The first kappa shape index (κ1) is 12.0. The minimum Gasteiger partial charge on any atom is -0.493 e. The molecule has 0 spiro atoms. The molecular formula is C17H13N3O. The number of benzene rings is 2. The predicted octanol–water partition coefficient (Wildman–Crippen LogP) is 3.36. The lowest BCUT2D eigenvalue weighted by molar-refractivity contribution is 0.295. The second-order valence-electron chi connectivity index (χ2n) is 5.10. The van der Waals surface area contributed by atoms with Gasteiger partial charge in [0.15, 0.2) is 0 Å². The summed E-state index contributed by atoms with van der Waals surface area (Å²) in [6, 6.07) is 14.2. The molecule has 1 aromatic heterocycles. The predicted molar refractivity (Wildman–Crippen MR) is 80.0 cm³/mol. The standard InChI is InChI=1S/C17H13N3O/c18-11-14-13-5-2-1-4-12(13)10-16-17(14)15-6-7-19-20(15)8-3-9-21-16/h1-2,4-7,10H,3,8-9H2. The van der Waals surface area contributed by atoms with Gasteiger partial charge in [0.25, 0.3) is 0 Å². The van der Waals surface area contributed by atoms with Gasteiger partial charge >= 0.3 is 0 Å². The highest BCUT2D eigenvalue weighted by Gasteiger charge is 2.20. The molecule has 102 valence electrons. The van der Waals surface area contributed by atoms with Gasteiger partial charge in [0, 0.05) is 24.5 Å². The molecule has 0 bridgehead atoms. The summed E-state index contributed by atoms with van der Waals surface area (Å²) < 4.78 is 7.87. The van der Waals surface area contributed by atoms with Crippen molar-refractivity contribution in [2.45, 2.75) is 13.0 Å². The molecule has 0 N–H and O–H groups in total. The van der Waals surface area contributed by atoms with E-state index in [4.69, 9.17) is 4.74 Å². The maximum atomic E-state index is 9.68. The van der Waals surface area contributed by atoms with Crippen LogP contribution < -0.4 is 4.74 Å². The number of aromatic nitrogens is 2. The van der Waals surface area contributed by atoms with Crippen molar-refractivity contribution in [2.75, 3.05) is 6.61 Å². The molecule has 21 heavy (non-hydrogen) atoms. The van der Waals surface area contributed by atoms with Gasteiger partial charge in [-0.1, -0.05) is 24.3 Å². The van der Waals surface area contributed by atoms with E-state index in [2.05, 4.69) is 11.2 Å². The molecule has 2 heterocycles. The molecule has 0 saturated heterocycles. The lowest BCUT2D eigenvalue weighted by Gasteiger charge is -2.19. The Morgan fingerprint density at radius 2 is 2.14 bits per heavy atom. The fraction of sp³-hybridized carbons (Fsp3) is 0.176. The molecule has 0 saturated carbocycles. The van der Waals surface area contributed by atoms with E-state index in [-0.39, 0.29) is 0 Å². The van der Waals surface area contributed by atoms with Crippen molar-refractivity contribution in [3.05, 3.63) is 48.2 Å². The second kappa shape index (κ2) is 4.64. The van der Waals surface area contributed by atoms with Crippen LogP contribution in [0.5, 0.6) is 5.75 Å². The van der Waals surface area contributed by atoms with Crippen LogP contribution in [0.1, 0.15) is 12.0 Å². The first-order valence-corrected chi connectivity index (χ1v) is 6.99. The SMILES string of the molecule is N#Cc1c2c(cc3ccccc13)OCCCn1nccc1-2. The minimum atomic E-state index is 0.634. The fourth-order valence-electron chi connectivity index (χ4n) is 2.93. The number of nitriles is 1. The van der Waals surface area contributed by atoms with E-state index in [1.54, 1.807) is 6.20 Å². The Balaban J connectivity index is 2.14. The summed E-state index contributed by atoms with van der Waals surface area (Å²) in [6.45, 7) is 1.44. The zero-order valence-electron chi connectivity index (χ0n) is 11.4. The summed E-state index contributed by atoms with van der Waals surface area (Å²) in [7, 11) is 0. The molecular weight excluding hydrogens is 262 g/mol. The first-order chi connectivity index (χ1) is 10.4. The number of hydrogen-bond acceptors (Lipinski definition) is 3. The normalized spacial score (nSPS) is 13.5. The molecule has 2 aromatic carbocycles. The Labute approximate surface area is 122 Å². The summed E-state index contributed by atoms with van der Waals surface area (Å²) in [5, 5.41) is 16.0. The van der Waals surface area contributed by atoms with Crippen molar-refractivity contribution in [3.63, 3.8) is 0 Å². The van der Waals surface area contributed by atoms with Gasteiger partial charge in [-0.15, -0.1) is 0 Å². The van der Waals surface area contributed by atoms with Gasteiger partial charge in [-0.2, -0.15) is 10.4 Å². The van der Waals surface area contributed by atoms with Crippen LogP contribution >= 0.6 is 0 Å². The van der Waals surface area contributed by atoms with Crippen LogP contribution in [0, 0.1) is 11.3 Å². The third-order valence-corrected chi connectivity index (χ3v) is 3.87. The molecule has 1 aliphatic heterocycles. The van der Waals surface area contributed by atoms with Gasteiger partial charge in [-0.05, 0) is 17.5 Å². The van der Waals surface area contributed by atoms with Crippen LogP contribution in [0.25, 0.3) is 22.0 Å². The third kappa shape index (κ3) is 1.78. The van der Waals surface area contributed by atoms with Gasteiger partial charge in [-0.3, -0.25) is 4.68 Å². The van der Waals surface area contributed by atoms with E-state index in [9.17, 15) is 5.26 Å². The highest BCUT2D eigenvalue weighted by molar-refractivity contribution is 5.96. The quantitative estimate of drug-likeness (QED) is 0.632. The highest BCUT2D eigenvalue weighted by Crippen LogP contribution is 2.39. The summed E-state index contributed by atoms with van der Waals surface area (Å²) in [4.78, 5) is 0. The topological polar surface area (TPSA) is 50.8 Å². The van der Waals surface area contributed by atoms with Crippen LogP contribution in [0.4, 0.5) is 0 Å². The van der Waals surface area contributed by atoms with E-state index in [0.717, 1.165) is 40.7 Å². The summed E-state index contributed by atoms with van der Waals surface area (Å²) >= 11 is 0. The van der Waals surface area contributed by atoms with Crippen molar-refractivity contribution in [2.24, 2.45) is 0 Å². The molecule has 0 aliphatic carbocycles. The number of nitrogens with zero attached hydrogens (tertiary/aromatic N) is 3. The monoisotopic (exact) mass is 275 g/mol. The molecule has 0 fully saturated rings. The fourth-order valence-corrected chi connectivity index (χ4v) is 2.93. The first-order valence-electron chi connectivity index (χ1n) is 6.99. The largest absolute Gasteiger partial charge is 0.493 e. The zero-order chi connectivity index (χ0) is 14.2. The highest BCUT2D eigenvalue weighted by atomic mass is 16.5. The second-order valence-corrected chi connectivity index (χ2v) is 5.10. The molecule has 4 nitrogen and oxygen atoms in total. The van der Waals surface area contributed by atoms with Crippen molar-refractivity contribution >= 4 is 10.8 Å². The molecule has 0 atom stereocenters. The Morgan fingerprint density at radius 3 is 3.05 bits per heavy atom. The van der Waals surface area contributed by atoms with Gasteiger partial charge in [0.1, 0.15) is 11.8 Å². The maximum absolute atomic E-state index is 9.68. The van der Waals surface area contributed by atoms with Crippen LogP contribution in [0.15, 0.2) is 42.6 Å². The molecule has 0 amide bonds. The molecule has 3 aromatic rings. The summed E-state index contributed by atoms with van der Waals surface area (Å²) in [5.74, 6) is 0.770. The lowest BCUT2D eigenvalue weighted by Crippen LogP contribution is -2.12. The molecule has 0 unspecified atom stereocenters. The van der Waals surface area contributed by atoms with E-state index >= 15 is 0 Å². The Kier molecular flexibility index (Phi) is 2.65. The van der Waals surface area contributed by atoms with Gasteiger partial charge in [0.05, 0.1) is 23.4 Å². The molecule has 4 heteroatoms. The van der Waals surface area contributed by atoms with Gasteiger partial charge in [-0.25, -0.2) is 0 Å². The Hall–Kier alpha value is -2.80. The van der Waals surface area contributed by atoms with Crippen molar-refractivity contribution < 1.29 is 4.74 Å². The Bertz CT molecular complexity index is 873. The van der Waals surface area contributed by atoms with Crippen molar-refractivity contribution in [1.29, 1.82) is 5.26 Å². The minimum absolute atomic E-state index is 0.634. The molecule has 4 rings (SSSR count). The lowest BCUT2D eigenvalue weighted by atomic mass is 9.96. The van der Waals surface area contributed by atoms with E-state index in [1.165, 1.54) is 0 Å². The average Bonchev–Trinajstić information content (AvgIpc) is 2.95. The number of aryl methyl sites for hydroxylation is 1. The van der Waals surface area contributed by atoms with E-state index in [0.29, 0.717) is 12.2 Å². The van der Waals surface area contributed by atoms with Gasteiger partial charge in [0.2, 0.25) is 0 Å². The van der Waals surface area contributed by atoms with Crippen molar-refractivity contribution in [1.82, 2.24) is 9.78 Å². The van der Waals surface area contributed by atoms with Crippen LogP contribution in [-0.4, -0.2) is 16.4 Å². The number of rotatable bonds is 0. The summed E-state index contributed by atoms with van der Waals surface area (Å²) in [5.41, 5.74) is 2.46. The number of hydrogen-bond donors (Lipinski definition) is 0. The smallest absolute Gasteiger partial charge is 0.130 e. The van der Waals surface area contributed by atoms with Crippen LogP contribution in [0.2, 0.25) is 0 Å². The molecule has 1 aliphatic rings. The van der Waals surface area contributed by atoms with Gasteiger partial charge < -0.3 is 4.74 Å². The third-order valence-electron chi connectivity index (χ3n) is 3.87. The van der Waals surface area contributed by atoms with Crippen molar-refractivity contribution in [3.8, 4) is 23.1 Å². The number of fused-ring (bicyclic) bond motifs is 4. The average molecular weight is 275 g/mol. The van der Waals surface area contributed by atoms with Crippen LogP contribution in [0.3, 0.4) is 0 Å². The van der Waals surface area contributed by atoms with E-state index in [1.807, 2.05) is 41.1 Å². The van der Waals surface area contributed by atoms with E-state index < -0.39 is 0 Å². The zero-order valence-corrected chi connectivity index (χ0v) is 11.4.